The van der Waals surface area contributed by atoms with Crippen LogP contribution in [0.4, 0.5) is 0 Å². The highest BCUT2D eigenvalue weighted by atomic mass is 15.0. The van der Waals surface area contributed by atoms with Gasteiger partial charge >= 0.3 is 0 Å². The summed E-state index contributed by atoms with van der Waals surface area (Å²) in [6, 6.07) is 45.0. The summed E-state index contributed by atoms with van der Waals surface area (Å²) in [5.74, 6) is 5.05. The highest BCUT2D eigenvalue weighted by Crippen LogP contribution is 2.69. The minimum atomic E-state index is 0.0213. The fourth-order valence-electron chi connectivity index (χ4n) is 10.3. The molecule has 0 saturated heterocycles. The second-order valence-corrected chi connectivity index (χ2v) is 14.4. The minimum absolute atomic E-state index is 0.0213. The lowest BCUT2D eigenvalue weighted by Gasteiger charge is -2.61. The van der Waals surface area contributed by atoms with E-state index in [4.69, 9.17) is 15.0 Å². The van der Waals surface area contributed by atoms with E-state index in [2.05, 4.69) is 60.7 Å². The van der Waals surface area contributed by atoms with Crippen LogP contribution in [0.3, 0.4) is 0 Å². The molecule has 1 spiro atoms. The molecule has 4 nitrogen and oxygen atoms in total. The fourth-order valence-corrected chi connectivity index (χ4v) is 10.3. The van der Waals surface area contributed by atoms with E-state index in [0.29, 0.717) is 29.3 Å². The van der Waals surface area contributed by atoms with Crippen molar-refractivity contribution in [3.63, 3.8) is 0 Å². The van der Waals surface area contributed by atoms with E-state index in [-0.39, 0.29) is 5.41 Å². The normalized spacial score (nSPS) is 24.3. The SMILES string of the molecule is N#Cc1cccc2c1-c1ccc(-c3ccc(-c4nc(-c5ccccc5)nc(-c5ccccc5)n4)cc3)cc1C21C2CC3CC(C2)CC1C3. The quantitative estimate of drug-likeness (QED) is 0.197. The molecule has 0 atom stereocenters. The van der Waals surface area contributed by atoms with Gasteiger partial charge in [-0.15, -0.1) is 0 Å². The molecule has 0 unspecified atom stereocenters. The van der Waals surface area contributed by atoms with E-state index in [1.54, 1.807) is 0 Å². The van der Waals surface area contributed by atoms with Gasteiger partial charge in [-0.2, -0.15) is 5.26 Å². The molecule has 5 aliphatic carbocycles. The Morgan fingerprint density at radius 3 is 1.58 bits per heavy atom. The van der Waals surface area contributed by atoms with Crippen molar-refractivity contribution in [2.45, 2.75) is 37.5 Å². The van der Waals surface area contributed by atoms with Gasteiger partial charge < -0.3 is 0 Å². The predicted molar refractivity (Wildman–Crippen MR) is 190 cm³/mol. The zero-order valence-corrected chi connectivity index (χ0v) is 26.7. The molecule has 11 rings (SSSR count). The number of hydrogen-bond acceptors (Lipinski definition) is 4. The lowest BCUT2D eigenvalue weighted by atomic mass is 9.43. The first-order valence-electron chi connectivity index (χ1n) is 17.3. The van der Waals surface area contributed by atoms with Gasteiger partial charge in [0.1, 0.15) is 0 Å². The molecule has 230 valence electrons. The largest absolute Gasteiger partial charge is 0.208 e. The van der Waals surface area contributed by atoms with Crippen LogP contribution in [-0.4, -0.2) is 15.0 Å². The Morgan fingerprint density at radius 2 is 1.02 bits per heavy atom. The molecule has 4 bridgehead atoms. The van der Waals surface area contributed by atoms with E-state index >= 15 is 0 Å². The van der Waals surface area contributed by atoms with E-state index in [1.165, 1.54) is 65.5 Å². The van der Waals surface area contributed by atoms with Gasteiger partial charge in [-0.3, -0.25) is 0 Å². The first-order valence-corrected chi connectivity index (χ1v) is 17.3. The van der Waals surface area contributed by atoms with Crippen molar-refractivity contribution in [2.75, 3.05) is 0 Å². The third-order valence-electron chi connectivity index (χ3n) is 12.0. The van der Waals surface area contributed by atoms with Crippen molar-refractivity contribution in [1.82, 2.24) is 15.0 Å². The number of hydrogen-bond donors (Lipinski definition) is 0. The number of benzene rings is 5. The van der Waals surface area contributed by atoms with E-state index in [9.17, 15) is 5.26 Å². The molecule has 6 aromatic rings. The lowest BCUT2D eigenvalue weighted by molar-refractivity contribution is -0.0399. The molecule has 5 aromatic carbocycles. The standard InChI is InChI=1S/C44H34N4/c45-26-34-12-7-13-38-40(34)37-19-18-33(25-39(37)44(38)35-21-27-20-28(23-35)24-36(44)22-27)29-14-16-32(17-15-29)43-47-41(30-8-3-1-4-9-30)46-42(48-43)31-10-5-2-6-11-31/h1-19,25,27-28,35-36H,20-24H2. The summed E-state index contributed by atoms with van der Waals surface area (Å²) in [7, 11) is 0. The molecular formula is C44H34N4. The van der Waals surface area contributed by atoms with Crippen LogP contribution < -0.4 is 0 Å². The molecular weight excluding hydrogens is 585 g/mol. The summed E-state index contributed by atoms with van der Waals surface area (Å²) < 4.78 is 0. The van der Waals surface area contributed by atoms with Crippen LogP contribution >= 0.6 is 0 Å². The molecule has 1 heterocycles. The summed E-state index contributed by atoms with van der Waals surface area (Å²) in [5, 5.41) is 10.2. The second kappa shape index (κ2) is 10.6. The maximum absolute atomic E-state index is 10.2. The van der Waals surface area contributed by atoms with Gasteiger partial charge in [-0.1, -0.05) is 109 Å². The zero-order chi connectivity index (χ0) is 31.8. The van der Waals surface area contributed by atoms with Crippen LogP contribution in [0.15, 0.2) is 121 Å². The average Bonchev–Trinajstić information content (AvgIpc) is 3.44. The highest BCUT2D eigenvalue weighted by molar-refractivity contribution is 5.88. The summed E-state index contributed by atoms with van der Waals surface area (Å²) in [6.45, 7) is 0. The van der Waals surface area contributed by atoms with Gasteiger partial charge in [0.2, 0.25) is 0 Å². The molecule has 1 aromatic heterocycles. The summed E-state index contributed by atoms with van der Waals surface area (Å²) in [5.41, 5.74) is 11.5. The third kappa shape index (κ3) is 4.04. The molecule has 0 amide bonds. The van der Waals surface area contributed by atoms with Crippen molar-refractivity contribution in [2.24, 2.45) is 23.7 Å². The Morgan fingerprint density at radius 1 is 0.500 bits per heavy atom. The Balaban J connectivity index is 1.07. The molecule has 0 aliphatic heterocycles. The lowest BCUT2D eigenvalue weighted by Crippen LogP contribution is -2.55. The van der Waals surface area contributed by atoms with E-state index < -0.39 is 0 Å². The van der Waals surface area contributed by atoms with Crippen molar-refractivity contribution < 1.29 is 0 Å². The maximum Gasteiger partial charge on any atom is 0.164 e. The van der Waals surface area contributed by atoms with Crippen molar-refractivity contribution in [1.29, 1.82) is 5.26 Å². The molecule has 0 radical (unpaired) electrons. The van der Waals surface area contributed by atoms with E-state index in [1.807, 2.05) is 66.7 Å². The van der Waals surface area contributed by atoms with Gasteiger partial charge in [0.25, 0.3) is 0 Å². The number of nitrogens with zero attached hydrogens (tertiary/aromatic N) is 4. The topological polar surface area (TPSA) is 62.5 Å². The smallest absolute Gasteiger partial charge is 0.164 e. The molecule has 4 fully saturated rings. The highest BCUT2D eigenvalue weighted by Gasteiger charge is 2.61. The molecule has 4 saturated carbocycles. The number of fused-ring (bicyclic) bond motifs is 3. The van der Waals surface area contributed by atoms with Crippen LogP contribution in [0.1, 0.15) is 48.8 Å². The summed E-state index contributed by atoms with van der Waals surface area (Å²) >= 11 is 0. The number of nitriles is 1. The number of aromatic nitrogens is 3. The first-order chi connectivity index (χ1) is 23.7. The van der Waals surface area contributed by atoms with Gasteiger partial charge in [0.05, 0.1) is 11.6 Å². The Bertz CT molecular complexity index is 2160. The van der Waals surface area contributed by atoms with Gasteiger partial charge in [0.15, 0.2) is 17.5 Å². The Kier molecular flexibility index (Phi) is 6.09. The summed E-state index contributed by atoms with van der Waals surface area (Å²) in [4.78, 5) is 14.7. The van der Waals surface area contributed by atoms with Crippen LogP contribution in [0.2, 0.25) is 0 Å². The fraction of sp³-hybridized carbons (Fsp3) is 0.227. The second-order valence-electron chi connectivity index (χ2n) is 14.4. The maximum atomic E-state index is 10.2. The van der Waals surface area contributed by atoms with Crippen LogP contribution in [-0.2, 0) is 5.41 Å². The van der Waals surface area contributed by atoms with E-state index in [0.717, 1.165) is 34.1 Å². The monoisotopic (exact) mass is 618 g/mol. The summed E-state index contributed by atoms with van der Waals surface area (Å²) in [6.07, 6.45) is 6.72. The van der Waals surface area contributed by atoms with Crippen molar-refractivity contribution in [3.8, 4) is 62.5 Å². The molecule has 48 heavy (non-hydrogen) atoms. The average molecular weight is 619 g/mol. The number of rotatable bonds is 4. The van der Waals surface area contributed by atoms with Crippen LogP contribution in [0.25, 0.3) is 56.4 Å². The predicted octanol–water partition coefficient (Wildman–Crippen LogP) is 10.1. The molecule has 4 heteroatoms. The Labute approximate surface area is 281 Å². The Hall–Kier alpha value is -5.40. The first kappa shape index (κ1) is 27.7. The minimum Gasteiger partial charge on any atom is -0.208 e. The van der Waals surface area contributed by atoms with Gasteiger partial charge in [-0.05, 0) is 95.7 Å². The third-order valence-corrected chi connectivity index (χ3v) is 12.0. The van der Waals surface area contributed by atoms with Crippen molar-refractivity contribution >= 4 is 0 Å². The van der Waals surface area contributed by atoms with Gasteiger partial charge in [0, 0.05) is 27.7 Å². The molecule has 5 aliphatic rings. The van der Waals surface area contributed by atoms with Crippen LogP contribution in [0, 0.1) is 35.0 Å². The zero-order valence-electron chi connectivity index (χ0n) is 26.7. The molecule has 0 N–H and O–H groups in total. The van der Waals surface area contributed by atoms with Crippen LogP contribution in [0.5, 0.6) is 0 Å². The van der Waals surface area contributed by atoms with Crippen molar-refractivity contribution in [3.05, 3.63) is 138 Å². The van der Waals surface area contributed by atoms with Gasteiger partial charge in [-0.25, -0.2) is 15.0 Å².